The Morgan fingerprint density at radius 3 is 2.30 bits per heavy atom. The molecule has 44 heavy (non-hydrogen) atoms. The topological polar surface area (TPSA) is 119 Å². The number of nitro benzene ring substituents is 1. The number of non-ortho nitro benzene ring substituents is 1. The van der Waals surface area contributed by atoms with Crippen LogP contribution < -0.4 is 15.1 Å². The average molecular weight is 605 g/mol. The van der Waals surface area contributed by atoms with Crippen LogP contribution in [0.15, 0.2) is 36.4 Å². The van der Waals surface area contributed by atoms with Gasteiger partial charge in [0.2, 0.25) is 11.8 Å². The highest BCUT2D eigenvalue weighted by Crippen LogP contribution is 2.44. The highest BCUT2D eigenvalue weighted by Gasteiger charge is 2.44. The van der Waals surface area contributed by atoms with Crippen LogP contribution in [0.5, 0.6) is 0 Å². The molecular weight excluding hydrogens is 567 g/mol. The van der Waals surface area contributed by atoms with Gasteiger partial charge in [-0.2, -0.15) is 0 Å². The Labute approximate surface area is 255 Å². The number of hydrogen-bond donors (Lipinski definition) is 1. The molecule has 5 heterocycles. The molecule has 11 nitrogen and oxygen atoms in total. The fourth-order valence-corrected chi connectivity index (χ4v) is 8.00. The Bertz CT molecular complexity index is 1500. The van der Waals surface area contributed by atoms with Gasteiger partial charge < -0.3 is 14.7 Å². The highest BCUT2D eigenvalue weighted by molar-refractivity contribution is 6.05. The standard InChI is InChI=1S/C32H37FN6O5/c33-26-18-25-21(19-38(31(25)42)27-5-6-29(40)34-30(27)41)17-28(26)36-14-9-32(10-15-36)11-16-37(20-32)23-7-12-35(13-8-23)22-1-3-24(4-2-22)39(43)44/h1-4,17-18,23,27H,5-16,19-20H2,(H,34,40,41). The molecule has 1 N–H and O–H groups in total. The number of nitro groups is 1. The van der Waals surface area contributed by atoms with Gasteiger partial charge in [0.05, 0.1) is 10.6 Å². The van der Waals surface area contributed by atoms with E-state index in [0.717, 1.165) is 82.6 Å². The van der Waals surface area contributed by atoms with E-state index in [1.807, 2.05) is 12.1 Å². The molecule has 232 valence electrons. The summed E-state index contributed by atoms with van der Waals surface area (Å²) in [6.45, 7) is 5.75. The molecule has 1 unspecified atom stereocenters. The molecular formula is C32H37FN6O5. The number of carbonyl (C=O) groups excluding carboxylic acids is 3. The van der Waals surface area contributed by atoms with Crippen LogP contribution in [-0.2, 0) is 16.1 Å². The Balaban J connectivity index is 0.942. The van der Waals surface area contributed by atoms with Gasteiger partial charge in [-0.3, -0.25) is 34.7 Å². The monoisotopic (exact) mass is 604 g/mol. The molecule has 0 aromatic heterocycles. The minimum atomic E-state index is -0.714. The number of hydrogen-bond acceptors (Lipinski definition) is 8. The van der Waals surface area contributed by atoms with Gasteiger partial charge in [0.25, 0.3) is 11.6 Å². The van der Waals surface area contributed by atoms with E-state index in [2.05, 4.69) is 20.0 Å². The number of likely N-dealkylation sites (tertiary alicyclic amines) is 1. The maximum Gasteiger partial charge on any atom is 0.269 e. The number of nitrogens with one attached hydrogen (secondary N) is 1. The second-order valence-corrected chi connectivity index (χ2v) is 13.1. The minimum Gasteiger partial charge on any atom is -0.371 e. The molecule has 0 bridgehead atoms. The third-order valence-electron chi connectivity index (χ3n) is 10.6. The number of halogens is 1. The largest absolute Gasteiger partial charge is 0.371 e. The van der Waals surface area contributed by atoms with Gasteiger partial charge in [-0.1, -0.05) is 0 Å². The first kappa shape index (κ1) is 28.7. The van der Waals surface area contributed by atoms with Crippen molar-refractivity contribution in [3.05, 3.63) is 63.5 Å². The lowest BCUT2D eigenvalue weighted by molar-refractivity contribution is -0.384. The number of imide groups is 1. The van der Waals surface area contributed by atoms with Gasteiger partial charge in [-0.25, -0.2) is 4.39 Å². The summed E-state index contributed by atoms with van der Waals surface area (Å²) >= 11 is 0. The van der Waals surface area contributed by atoms with E-state index in [1.54, 1.807) is 18.2 Å². The Hall–Kier alpha value is -4.06. The molecule has 4 saturated heterocycles. The van der Waals surface area contributed by atoms with Crippen molar-refractivity contribution in [2.24, 2.45) is 5.41 Å². The van der Waals surface area contributed by atoms with E-state index in [-0.39, 0.29) is 47.2 Å². The molecule has 0 saturated carbocycles. The first-order chi connectivity index (χ1) is 21.2. The lowest BCUT2D eigenvalue weighted by atomic mass is 9.77. The fraction of sp³-hybridized carbons (Fsp3) is 0.531. The quantitative estimate of drug-likeness (QED) is 0.313. The van der Waals surface area contributed by atoms with E-state index < -0.39 is 17.8 Å². The number of rotatable bonds is 5. The Kier molecular flexibility index (Phi) is 7.26. The number of piperidine rings is 3. The molecule has 5 aliphatic heterocycles. The number of carbonyl (C=O) groups is 3. The Morgan fingerprint density at radius 2 is 1.61 bits per heavy atom. The van der Waals surface area contributed by atoms with Gasteiger partial charge in [0.1, 0.15) is 11.9 Å². The van der Waals surface area contributed by atoms with Crippen LogP contribution in [0, 0.1) is 21.3 Å². The summed E-state index contributed by atoms with van der Waals surface area (Å²) in [5.41, 5.74) is 2.93. The van der Waals surface area contributed by atoms with Crippen LogP contribution in [-0.4, -0.2) is 83.8 Å². The molecule has 4 fully saturated rings. The molecule has 5 aliphatic rings. The normalized spacial score (nSPS) is 24.2. The molecule has 3 amide bonds. The third kappa shape index (κ3) is 5.18. The molecule has 1 spiro atoms. The summed E-state index contributed by atoms with van der Waals surface area (Å²) in [4.78, 5) is 56.2. The minimum absolute atomic E-state index is 0.113. The molecule has 2 aromatic rings. The van der Waals surface area contributed by atoms with Gasteiger partial charge in [0.15, 0.2) is 0 Å². The van der Waals surface area contributed by atoms with Crippen LogP contribution in [0.1, 0.15) is 60.9 Å². The third-order valence-corrected chi connectivity index (χ3v) is 10.6. The van der Waals surface area contributed by atoms with Crippen LogP contribution in [0.3, 0.4) is 0 Å². The van der Waals surface area contributed by atoms with E-state index in [1.165, 1.54) is 11.0 Å². The van der Waals surface area contributed by atoms with Crippen molar-refractivity contribution < 1.29 is 23.7 Å². The molecule has 7 rings (SSSR count). The number of amides is 3. The van der Waals surface area contributed by atoms with Gasteiger partial charge in [-0.15, -0.1) is 0 Å². The lowest BCUT2D eigenvalue weighted by Gasteiger charge is -2.42. The summed E-state index contributed by atoms with van der Waals surface area (Å²) in [7, 11) is 0. The number of anilines is 2. The SMILES string of the molecule is O=C1CCC(N2Cc3cc(N4CCC5(CC4)CCN(C4CCN(c6ccc([N+](=O)[O-])cc6)CC4)C5)c(F)cc3C2=O)C(=O)N1. The van der Waals surface area contributed by atoms with Crippen molar-refractivity contribution in [2.45, 2.75) is 63.6 Å². The second kappa shape index (κ2) is 11.1. The predicted molar refractivity (Wildman–Crippen MR) is 161 cm³/mol. The fourth-order valence-electron chi connectivity index (χ4n) is 8.00. The average Bonchev–Trinajstić information content (AvgIpc) is 3.58. The van der Waals surface area contributed by atoms with Crippen LogP contribution >= 0.6 is 0 Å². The Morgan fingerprint density at radius 1 is 0.909 bits per heavy atom. The summed E-state index contributed by atoms with van der Waals surface area (Å²) in [6, 6.07) is 9.75. The van der Waals surface area contributed by atoms with E-state index in [9.17, 15) is 24.5 Å². The molecule has 0 radical (unpaired) electrons. The zero-order valence-electron chi connectivity index (χ0n) is 24.7. The van der Waals surface area contributed by atoms with Gasteiger partial charge in [-0.05, 0) is 80.3 Å². The van der Waals surface area contributed by atoms with Crippen molar-refractivity contribution in [3.63, 3.8) is 0 Å². The maximum atomic E-state index is 15.4. The van der Waals surface area contributed by atoms with E-state index in [4.69, 9.17) is 0 Å². The van der Waals surface area contributed by atoms with Crippen molar-refractivity contribution in [3.8, 4) is 0 Å². The molecule has 0 aliphatic carbocycles. The van der Waals surface area contributed by atoms with Crippen molar-refractivity contribution >= 4 is 34.8 Å². The van der Waals surface area contributed by atoms with Gasteiger partial charge >= 0.3 is 0 Å². The molecule has 12 heteroatoms. The summed E-state index contributed by atoms with van der Waals surface area (Å²) in [5, 5.41) is 13.3. The van der Waals surface area contributed by atoms with Crippen molar-refractivity contribution in [2.75, 3.05) is 49.1 Å². The highest BCUT2D eigenvalue weighted by atomic mass is 19.1. The van der Waals surface area contributed by atoms with Crippen LogP contribution in [0.2, 0.25) is 0 Å². The van der Waals surface area contributed by atoms with E-state index >= 15 is 4.39 Å². The first-order valence-electron chi connectivity index (χ1n) is 15.7. The van der Waals surface area contributed by atoms with Crippen molar-refractivity contribution in [1.29, 1.82) is 0 Å². The maximum absolute atomic E-state index is 15.4. The first-order valence-corrected chi connectivity index (χ1v) is 15.7. The van der Waals surface area contributed by atoms with Crippen molar-refractivity contribution in [1.82, 2.24) is 15.1 Å². The predicted octanol–water partition coefficient (Wildman–Crippen LogP) is 3.46. The molecule has 2 aromatic carbocycles. The summed E-state index contributed by atoms with van der Waals surface area (Å²) in [5.74, 6) is -1.57. The smallest absolute Gasteiger partial charge is 0.269 e. The van der Waals surface area contributed by atoms with Crippen LogP contribution in [0.4, 0.5) is 21.5 Å². The zero-order chi connectivity index (χ0) is 30.6. The van der Waals surface area contributed by atoms with Gasteiger partial charge in [0, 0.05) is 75.1 Å². The van der Waals surface area contributed by atoms with Crippen LogP contribution in [0.25, 0.3) is 0 Å². The number of fused-ring (bicyclic) bond motifs is 1. The number of nitrogens with zero attached hydrogens (tertiary/aromatic N) is 5. The molecule has 1 atom stereocenters. The summed E-state index contributed by atoms with van der Waals surface area (Å²) < 4.78 is 15.4. The van der Waals surface area contributed by atoms with E-state index in [0.29, 0.717) is 17.3 Å². The lowest BCUT2D eigenvalue weighted by Crippen LogP contribution is -2.52. The number of benzene rings is 2. The summed E-state index contributed by atoms with van der Waals surface area (Å²) in [6.07, 6.45) is 5.72. The zero-order valence-corrected chi connectivity index (χ0v) is 24.7. The second-order valence-electron chi connectivity index (χ2n) is 13.1.